The molecule has 5 nitrogen and oxygen atoms in total. The van der Waals surface area contributed by atoms with E-state index >= 15 is 0 Å². The van der Waals surface area contributed by atoms with E-state index in [2.05, 4.69) is 0 Å². The second-order valence-corrected chi connectivity index (χ2v) is 9.71. The molecule has 1 aromatic carbocycles. The molecule has 22 heteroatoms. The zero-order chi connectivity index (χ0) is 35.2. The summed E-state index contributed by atoms with van der Waals surface area (Å²) in [5.74, 6) is -58.0. The molecule has 0 aliphatic carbocycles. The first-order valence-corrected chi connectivity index (χ1v) is 12.0. The Labute approximate surface area is 239 Å². The molecule has 1 fully saturated rings. The van der Waals surface area contributed by atoms with E-state index in [4.69, 9.17) is 9.84 Å². The maximum Gasteiger partial charge on any atom is 0.460 e. The number of benzene rings is 1. The van der Waals surface area contributed by atoms with Gasteiger partial charge in [0.05, 0.1) is 0 Å². The van der Waals surface area contributed by atoms with Crippen LogP contribution in [-0.2, 0) is 22.6 Å². The predicted octanol–water partition coefficient (Wildman–Crippen LogP) is 7.81. The molecular weight excluding hydrogens is 677 g/mol. The average Bonchev–Trinajstić information content (AvgIpc) is 3.40. The van der Waals surface area contributed by atoms with E-state index in [1.807, 2.05) is 0 Å². The Morgan fingerprint density at radius 3 is 1.56 bits per heavy atom. The molecule has 258 valence electrons. The minimum absolute atomic E-state index is 0.0403. The van der Waals surface area contributed by atoms with Crippen molar-refractivity contribution in [3.8, 4) is 0 Å². The van der Waals surface area contributed by atoms with Crippen LogP contribution in [0.15, 0.2) is 24.3 Å². The van der Waals surface area contributed by atoms with Gasteiger partial charge in [-0.15, -0.1) is 0 Å². The smallest absolute Gasteiger partial charge is 0.460 e. The van der Waals surface area contributed by atoms with E-state index in [1.165, 1.54) is 0 Å². The molecule has 0 saturated carbocycles. The summed E-state index contributed by atoms with van der Waals surface area (Å²) < 4.78 is 232. The van der Waals surface area contributed by atoms with Crippen LogP contribution in [-0.4, -0.2) is 82.3 Å². The lowest BCUT2D eigenvalue weighted by Crippen LogP contribution is -2.74. The second kappa shape index (κ2) is 11.8. The van der Waals surface area contributed by atoms with Crippen LogP contribution in [0.3, 0.4) is 0 Å². The molecule has 1 aliphatic heterocycles. The van der Waals surface area contributed by atoms with Crippen LogP contribution in [0.25, 0.3) is 0 Å². The summed E-state index contributed by atoms with van der Waals surface area (Å²) in [6.07, 6.45) is -12.4. The molecule has 1 saturated heterocycles. The van der Waals surface area contributed by atoms with Gasteiger partial charge < -0.3 is 9.84 Å². The third kappa shape index (κ3) is 6.28. The molecule has 1 N–H and O–H groups in total. The molecule has 1 amide bonds. The largest absolute Gasteiger partial charge is 0.480 e. The van der Waals surface area contributed by atoms with Crippen LogP contribution in [0.1, 0.15) is 30.4 Å². The first-order chi connectivity index (χ1) is 20.0. The Hall–Kier alpha value is -3.23. The van der Waals surface area contributed by atoms with Crippen LogP contribution in [0.4, 0.5) is 79.4 Å². The Morgan fingerprint density at radius 1 is 0.689 bits per heavy atom. The van der Waals surface area contributed by atoms with E-state index in [1.54, 1.807) is 0 Å². The fourth-order valence-electron chi connectivity index (χ4n) is 3.93. The minimum atomic E-state index is -8.68. The van der Waals surface area contributed by atoms with Crippen molar-refractivity contribution in [1.82, 2.24) is 4.90 Å². The van der Waals surface area contributed by atoms with Crippen molar-refractivity contribution in [1.29, 1.82) is 0 Å². The highest BCUT2D eigenvalue weighted by Crippen LogP contribution is 2.64. The van der Waals surface area contributed by atoms with Gasteiger partial charge in [-0.25, -0.2) is 9.59 Å². The third-order valence-corrected chi connectivity index (χ3v) is 6.67. The normalized spacial score (nSPS) is 17.9. The van der Waals surface area contributed by atoms with Crippen molar-refractivity contribution >= 4 is 12.1 Å². The van der Waals surface area contributed by atoms with E-state index in [-0.39, 0.29) is 18.5 Å². The van der Waals surface area contributed by atoms with E-state index < -0.39 is 90.8 Å². The van der Waals surface area contributed by atoms with Crippen LogP contribution in [0.5, 0.6) is 0 Å². The van der Waals surface area contributed by atoms with Gasteiger partial charge in [-0.2, -0.15) is 74.6 Å². The number of carboxylic acid groups (broad SMARTS) is 1. The van der Waals surface area contributed by atoms with Gasteiger partial charge in [0.15, 0.2) is 0 Å². The van der Waals surface area contributed by atoms with Crippen molar-refractivity contribution in [3.05, 3.63) is 35.4 Å². The summed E-state index contributed by atoms with van der Waals surface area (Å²) in [6, 6.07) is 2.41. The van der Waals surface area contributed by atoms with Crippen LogP contribution in [0, 0.1) is 0 Å². The van der Waals surface area contributed by atoms with Crippen molar-refractivity contribution in [3.63, 3.8) is 0 Å². The molecule has 0 radical (unpaired) electrons. The number of carbonyl (C=O) groups excluding carboxylic acids is 1. The molecular formula is C23H18F17NO4. The topological polar surface area (TPSA) is 66.8 Å². The van der Waals surface area contributed by atoms with Gasteiger partial charge in [0.1, 0.15) is 12.6 Å². The van der Waals surface area contributed by atoms with Gasteiger partial charge in [-0.3, -0.25) is 4.90 Å². The van der Waals surface area contributed by atoms with E-state index in [9.17, 15) is 84.2 Å². The summed E-state index contributed by atoms with van der Waals surface area (Å²) in [5, 5.41) is 9.06. The Morgan fingerprint density at radius 2 is 1.11 bits per heavy atom. The number of aryl methyl sites for hydroxylation is 1. The van der Waals surface area contributed by atoms with Gasteiger partial charge in [-0.1, -0.05) is 24.3 Å². The third-order valence-electron chi connectivity index (χ3n) is 6.67. The summed E-state index contributed by atoms with van der Waals surface area (Å²) >= 11 is 0. The van der Waals surface area contributed by atoms with Crippen LogP contribution in [0.2, 0.25) is 0 Å². The number of rotatable bonds is 12. The van der Waals surface area contributed by atoms with Gasteiger partial charge in [0.25, 0.3) is 0 Å². The monoisotopic (exact) mass is 695 g/mol. The molecule has 0 unspecified atom stereocenters. The molecule has 45 heavy (non-hydrogen) atoms. The fraction of sp³-hybridized carbons (Fsp3) is 0.652. The number of nitrogens with zero attached hydrogens (tertiary/aromatic N) is 1. The first kappa shape index (κ1) is 38.0. The number of alkyl halides is 17. The number of ether oxygens (including phenoxy) is 1. The van der Waals surface area contributed by atoms with Crippen LogP contribution < -0.4 is 0 Å². The molecule has 0 aromatic heterocycles. The molecule has 1 aromatic rings. The summed E-state index contributed by atoms with van der Waals surface area (Å²) in [5.41, 5.74) is -0.414. The standard InChI is InChI=1S/C23H18F17NO4/c24-16(25,8-7-11-3-5-12(6-4-11)10-45-15(44)41-9-1-2-13(41)14(42)43)17(26,27)18(28,29)19(30,31)20(32,33)21(34,35)22(36,37)23(38,39)40/h3-6,13H,1-2,7-10H2,(H,42,43)/t13-/m0/s1. The zero-order valence-corrected chi connectivity index (χ0v) is 21.7. The van der Waals surface area contributed by atoms with E-state index in [0.29, 0.717) is 6.42 Å². The minimum Gasteiger partial charge on any atom is -0.480 e. The van der Waals surface area contributed by atoms with Crippen molar-refractivity contribution in [2.75, 3.05) is 6.54 Å². The number of hydrogen-bond donors (Lipinski definition) is 1. The fourth-order valence-corrected chi connectivity index (χ4v) is 3.93. The highest BCUT2D eigenvalue weighted by Gasteiger charge is 2.95. The summed E-state index contributed by atoms with van der Waals surface area (Å²) in [6.45, 7) is -0.525. The molecule has 1 aliphatic rings. The van der Waals surface area contributed by atoms with Gasteiger partial charge >= 0.3 is 59.7 Å². The lowest BCUT2D eigenvalue weighted by Gasteiger charge is -2.42. The number of likely N-dealkylation sites (tertiary alicyclic amines) is 1. The number of amides is 1. The lowest BCUT2D eigenvalue weighted by molar-refractivity contribution is -0.461. The molecule has 1 atom stereocenters. The lowest BCUT2D eigenvalue weighted by atomic mass is 9.87. The highest BCUT2D eigenvalue weighted by molar-refractivity contribution is 5.80. The first-order valence-electron chi connectivity index (χ1n) is 12.0. The highest BCUT2D eigenvalue weighted by atomic mass is 19.4. The molecule has 2 rings (SSSR count). The zero-order valence-electron chi connectivity index (χ0n) is 21.7. The molecule has 0 bridgehead atoms. The van der Waals surface area contributed by atoms with Gasteiger partial charge in [0, 0.05) is 13.0 Å². The average molecular weight is 695 g/mol. The summed E-state index contributed by atoms with van der Waals surface area (Å²) in [7, 11) is 0. The maximum atomic E-state index is 14.1. The number of halogens is 17. The van der Waals surface area contributed by atoms with Crippen molar-refractivity contribution in [2.24, 2.45) is 0 Å². The van der Waals surface area contributed by atoms with Gasteiger partial charge in [-0.05, 0) is 30.4 Å². The number of carbonyl (C=O) groups is 2. The predicted molar refractivity (Wildman–Crippen MR) is 113 cm³/mol. The quantitative estimate of drug-likeness (QED) is 0.227. The molecule has 1 heterocycles. The van der Waals surface area contributed by atoms with E-state index in [0.717, 1.165) is 29.2 Å². The molecule has 0 spiro atoms. The summed E-state index contributed by atoms with van der Waals surface area (Å²) in [4.78, 5) is 24.1. The Bertz CT molecular complexity index is 1230. The number of aliphatic carboxylic acids is 1. The van der Waals surface area contributed by atoms with Crippen molar-refractivity contribution in [2.45, 2.75) is 86.0 Å². The number of hydrogen-bond acceptors (Lipinski definition) is 3. The maximum absolute atomic E-state index is 14.1. The number of carboxylic acids is 1. The van der Waals surface area contributed by atoms with Crippen molar-refractivity contribution < 1.29 is 94.1 Å². The Kier molecular flexibility index (Phi) is 9.99. The Balaban J connectivity index is 2.19. The van der Waals surface area contributed by atoms with Crippen LogP contribution >= 0.6 is 0 Å². The second-order valence-electron chi connectivity index (χ2n) is 9.71. The SMILES string of the molecule is O=C(O)[C@@H]1CCCN1C(=O)OCc1ccc(CCC(F)(F)C(F)(F)C(F)(F)C(F)(F)C(F)(F)C(F)(F)C(F)(F)C(F)(F)F)cc1. The van der Waals surface area contributed by atoms with Gasteiger partial charge in [0.2, 0.25) is 0 Å².